The second kappa shape index (κ2) is 3.94. The van der Waals surface area contributed by atoms with E-state index in [-0.39, 0.29) is 0 Å². The Hall–Kier alpha value is -1.72. The molecular formula is C11H11BF3N2-. The third kappa shape index (κ3) is 2.35. The molecule has 1 aromatic heterocycles. The Kier molecular flexibility index (Phi) is 2.73. The number of rotatable bonds is 2. The number of benzene rings is 1. The van der Waals surface area contributed by atoms with Crippen molar-refractivity contribution >= 4 is 12.6 Å². The molecule has 0 N–H and O–H groups in total. The van der Waals surface area contributed by atoms with Crippen LogP contribution in [0.3, 0.4) is 0 Å². The van der Waals surface area contributed by atoms with Crippen molar-refractivity contribution in [3.05, 3.63) is 41.6 Å². The molecule has 0 aliphatic rings. The van der Waals surface area contributed by atoms with E-state index in [1.807, 2.05) is 19.9 Å². The molecule has 1 heterocycles. The average Bonchev–Trinajstić information content (AvgIpc) is 2.63. The van der Waals surface area contributed by atoms with Crippen LogP contribution >= 0.6 is 0 Å². The van der Waals surface area contributed by atoms with E-state index in [0.717, 1.165) is 21.9 Å². The van der Waals surface area contributed by atoms with Crippen LogP contribution in [-0.4, -0.2) is 16.8 Å². The van der Waals surface area contributed by atoms with Gasteiger partial charge in [-0.3, -0.25) is 4.68 Å². The lowest BCUT2D eigenvalue weighted by Crippen LogP contribution is -2.39. The van der Waals surface area contributed by atoms with Crippen LogP contribution in [0.1, 0.15) is 11.1 Å². The summed E-state index contributed by atoms with van der Waals surface area (Å²) in [7, 11) is 0. The zero-order chi connectivity index (χ0) is 12.6. The standard InChI is InChI=1S/C11H11BF3N2/c1-8-5-9(2)7-10(6-8)17-11(3-4-16-17)12(13,14)15/h3-7H,1-2H3/q-1. The molecule has 90 valence electrons. The monoisotopic (exact) mass is 239 g/mol. The molecule has 2 rings (SSSR count). The molecule has 0 spiro atoms. The molecule has 0 saturated heterocycles. The Morgan fingerprint density at radius 3 is 2.18 bits per heavy atom. The molecule has 17 heavy (non-hydrogen) atoms. The molecule has 0 atom stereocenters. The summed E-state index contributed by atoms with van der Waals surface area (Å²) in [4.78, 5) is 0. The molecule has 0 saturated carbocycles. The molecule has 0 aliphatic carbocycles. The SMILES string of the molecule is Cc1cc(C)cc(-n2nccc2[B-](F)(F)F)c1. The number of hydrogen-bond acceptors (Lipinski definition) is 1. The number of hydrogen-bond donors (Lipinski definition) is 0. The normalized spacial score (nSPS) is 11.8. The predicted molar refractivity (Wildman–Crippen MR) is 61.8 cm³/mol. The molecule has 2 aromatic rings. The largest absolute Gasteiger partial charge is 0.527 e. The zero-order valence-corrected chi connectivity index (χ0v) is 9.49. The van der Waals surface area contributed by atoms with E-state index < -0.39 is 12.6 Å². The lowest BCUT2D eigenvalue weighted by molar-refractivity contribution is 0.495. The van der Waals surface area contributed by atoms with Gasteiger partial charge in [0, 0.05) is 6.20 Å². The van der Waals surface area contributed by atoms with Gasteiger partial charge >= 0.3 is 6.98 Å². The highest BCUT2D eigenvalue weighted by atomic mass is 19.4. The van der Waals surface area contributed by atoms with Crippen molar-refractivity contribution < 1.29 is 12.9 Å². The van der Waals surface area contributed by atoms with Gasteiger partial charge < -0.3 is 12.9 Å². The van der Waals surface area contributed by atoms with E-state index in [1.54, 1.807) is 12.1 Å². The second-order valence-corrected chi connectivity index (χ2v) is 4.09. The zero-order valence-electron chi connectivity index (χ0n) is 9.49. The Labute approximate surface area is 97.1 Å². The van der Waals surface area contributed by atoms with E-state index >= 15 is 0 Å². The van der Waals surface area contributed by atoms with E-state index in [9.17, 15) is 12.9 Å². The lowest BCUT2D eigenvalue weighted by atomic mass is 9.86. The van der Waals surface area contributed by atoms with Crippen molar-refractivity contribution in [2.75, 3.05) is 0 Å². The van der Waals surface area contributed by atoms with Crippen LogP contribution in [0.2, 0.25) is 0 Å². The first kappa shape index (κ1) is 11.8. The van der Waals surface area contributed by atoms with Gasteiger partial charge in [-0.2, -0.15) is 5.10 Å². The highest BCUT2D eigenvalue weighted by Crippen LogP contribution is 2.15. The van der Waals surface area contributed by atoms with Crippen LogP contribution in [0, 0.1) is 13.8 Å². The van der Waals surface area contributed by atoms with Crippen LogP contribution in [-0.2, 0) is 0 Å². The summed E-state index contributed by atoms with van der Waals surface area (Å²) in [5.74, 6) is 0. The van der Waals surface area contributed by atoms with E-state index in [4.69, 9.17) is 0 Å². The topological polar surface area (TPSA) is 17.8 Å². The third-order valence-electron chi connectivity index (χ3n) is 2.46. The summed E-state index contributed by atoms with van der Waals surface area (Å²) in [6, 6.07) is 6.28. The van der Waals surface area contributed by atoms with Crippen molar-refractivity contribution in [2.24, 2.45) is 0 Å². The van der Waals surface area contributed by atoms with Crippen LogP contribution in [0.5, 0.6) is 0 Å². The number of aromatic nitrogens is 2. The minimum absolute atomic E-state index is 0.446. The predicted octanol–water partition coefficient (Wildman–Crippen LogP) is 2.54. The van der Waals surface area contributed by atoms with Crippen molar-refractivity contribution in [3.8, 4) is 5.69 Å². The molecule has 0 radical (unpaired) electrons. The fourth-order valence-electron chi connectivity index (χ4n) is 1.85. The first-order valence-corrected chi connectivity index (χ1v) is 5.20. The van der Waals surface area contributed by atoms with Gasteiger partial charge in [0.25, 0.3) is 0 Å². The molecule has 2 nitrogen and oxygen atoms in total. The van der Waals surface area contributed by atoms with Gasteiger partial charge in [-0.1, -0.05) is 12.1 Å². The maximum Gasteiger partial charge on any atom is 0.527 e. The van der Waals surface area contributed by atoms with Gasteiger partial charge in [0.1, 0.15) is 0 Å². The van der Waals surface area contributed by atoms with E-state index in [0.29, 0.717) is 5.69 Å². The fourth-order valence-corrected chi connectivity index (χ4v) is 1.85. The lowest BCUT2D eigenvalue weighted by Gasteiger charge is -2.17. The number of aryl methyl sites for hydroxylation is 2. The van der Waals surface area contributed by atoms with E-state index in [2.05, 4.69) is 5.10 Å². The minimum atomic E-state index is -5.05. The van der Waals surface area contributed by atoms with Crippen LogP contribution < -0.4 is 5.59 Å². The summed E-state index contributed by atoms with van der Waals surface area (Å²) in [5.41, 5.74) is 1.57. The molecule has 0 unspecified atom stereocenters. The molecule has 0 aliphatic heterocycles. The van der Waals surface area contributed by atoms with Gasteiger partial charge in [0.15, 0.2) is 0 Å². The molecule has 1 aromatic carbocycles. The van der Waals surface area contributed by atoms with Gasteiger partial charge in [-0.05, 0) is 42.7 Å². The molecule has 0 amide bonds. The van der Waals surface area contributed by atoms with Crippen molar-refractivity contribution in [1.82, 2.24) is 9.78 Å². The van der Waals surface area contributed by atoms with Crippen LogP contribution in [0.4, 0.5) is 12.9 Å². The Bertz CT molecular complexity index is 526. The smallest absolute Gasteiger partial charge is 0.444 e. The van der Waals surface area contributed by atoms with Crippen LogP contribution in [0.15, 0.2) is 30.5 Å². The third-order valence-corrected chi connectivity index (χ3v) is 2.46. The second-order valence-electron chi connectivity index (χ2n) is 4.09. The van der Waals surface area contributed by atoms with E-state index in [1.165, 1.54) is 6.20 Å². The highest BCUT2D eigenvalue weighted by molar-refractivity contribution is 6.72. The summed E-state index contributed by atoms with van der Waals surface area (Å²) in [6.45, 7) is -1.36. The summed E-state index contributed by atoms with van der Waals surface area (Å²) >= 11 is 0. The molecule has 0 bridgehead atoms. The van der Waals surface area contributed by atoms with Gasteiger partial charge in [-0.15, -0.1) is 0 Å². The van der Waals surface area contributed by atoms with Gasteiger partial charge in [-0.25, -0.2) is 0 Å². The summed E-state index contributed by atoms with van der Waals surface area (Å²) in [6.07, 6.45) is 1.17. The van der Waals surface area contributed by atoms with Crippen molar-refractivity contribution in [1.29, 1.82) is 0 Å². The van der Waals surface area contributed by atoms with Crippen molar-refractivity contribution in [2.45, 2.75) is 13.8 Å². The maximum atomic E-state index is 12.8. The fraction of sp³-hybridized carbons (Fsp3) is 0.182. The highest BCUT2D eigenvalue weighted by Gasteiger charge is 2.30. The Morgan fingerprint density at radius 1 is 1.06 bits per heavy atom. The molecule has 6 heteroatoms. The first-order chi connectivity index (χ1) is 7.88. The quantitative estimate of drug-likeness (QED) is 0.736. The number of halogens is 3. The van der Waals surface area contributed by atoms with Crippen LogP contribution in [0.25, 0.3) is 5.69 Å². The summed E-state index contributed by atoms with van der Waals surface area (Å²) in [5, 5.41) is 3.75. The average molecular weight is 239 g/mol. The Morgan fingerprint density at radius 2 is 1.65 bits per heavy atom. The first-order valence-electron chi connectivity index (χ1n) is 5.20. The van der Waals surface area contributed by atoms with Crippen molar-refractivity contribution in [3.63, 3.8) is 0 Å². The maximum absolute atomic E-state index is 12.8. The number of nitrogens with zero attached hydrogens (tertiary/aromatic N) is 2. The Balaban J connectivity index is 2.57. The minimum Gasteiger partial charge on any atom is -0.444 e. The molecular weight excluding hydrogens is 228 g/mol. The summed E-state index contributed by atoms with van der Waals surface area (Å²) < 4.78 is 39.3. The van der Waals surface area contributed by atoms with Gasteiger partial charge in [0.2, 0.25) is 0 Å². The van der Waals surface area contributed by atoms with Gasteiger partial charge in [0.05, 0.1) is 5.69 Å². The molecule has 0 fully saturated rings.